The monoisotopic (exact) mass is 355 g/mol. The highest BCUT2D eigenvalue weighted by atomic mass is 32.2. The number of nitrogens with zero attached hydrogens (tertiary/aromatic N) is 1. The van der Waals surface area contributed by atoms with Crippen LogP contribution in [-0.4, -0.2) is 59.9 Å². The first kappa shape index (κ1) is 19.6. The summed E-state index contributed by atoms with van der Waals surface area (Å²) < 4.78 is 0. The van der Waals surface area contributed by atoms with Crippen molar-refractivity contribution in [3.05, 3.63) is 0 Å². The molecule has 2 rings (SSSR count). The maximum Gasteiger partial charge on any atom is 0.239 e. The summed E-state index contributed by atoms with van der Waals surface area (Å²) in [5, 5.41) is 5.82. The number of carbonyl (C=O) groups is 2. The highest BCUT2D eigenvalue weighted by Crippen LogP contribution is 2.36. The van der Waals surface area contributed by atoms with E-state index in [4.69, 9.17) is 0 Å². The molecule has 5 nitrogen and oxygen atoms in total. The van der Waals surface area contributed by atoms with Gasteiger partial charge in [0.05, 0.1) is 6.54 Å². The number of amides is 2. The molecule has 2 amide bonds. The van der Waals surface area contributed by atoms with Crippen LogP contribution in [0.4, 0.5) is 0 Å². The number of rotatable bonds is 8. The molecule has 1 saturated carbocycles. The zero-order valence-electron chi connectivity index (χ0n) is 15.2. The summed E-state index contributed by atoms with van der Waals surface area (Å²) in [4.78, 5) is 26.4. The van der Waals surface area contributed by atoms with E-state index in [0.29, 0.717) is 12.3 Å². The summed E-state index contributed by atoms with van der Waals surface area (Å²) in [7, 11) is 0. The van der Waals surface area contributed by atoms with Crippen LogP contribution in [0.25, 0.3) is 0 Å². The maximum absolute atomic E-state index is 12.1. The van der Waals surface area contributed by atoms with E-state index in [1.54, 1.807) is 0 Å². The van der Waals surface area contributed by atoms with Gasteiger partial charge in [0.15, 0.2) is 0 Å². The van der Waals surface area contributed by atoms with Crippen LogP contribution in [0.2, 0.25) is 0 Å². The van der Waals surface area contributed by atoms with Crippen molar-refractivity contribution in [2.75, 3.05) is 37.7 Å². The van der Waals surface area contributed by atoms with Gasteiger partial charge >= 0.3 is 0 Å². The number of thioether (sulfide) groups is 1. The molecule has 0 aromatic rings. The van der Waals surface area contributed by atoms with Crippen LogP contribution < -0.4 is 10.6 Å². The molecule has 138 valence electrons. The topological polar surface area (TPSA) is 61.4 Å². The Balaban J connectivity index is 1.73. The number of hydrogen-bond acceptors (Lipinski definition) is 4. The molecule has 1 aliphatic carbocycles. The van der Waals surface area contributed by atoms with Crippen molar-refractivity contribution in [2.45, 2.75) is 57.9 Å². The van der Waals surface area contributed by atoms with E-state index in [1.165, 1.54) is 37.2 Å². The molecule has 0 aromatic carbocycles. The van der Waals surface area contributed by atoms with E-state index in [-0.39, 0.29) is 23.9 Å². The summed E-state index contributed by atoms with van der Waals surface area (Å²) in [5.74, 6) is 2.81. The van der Waals surface area contributed by atoms with Gasteiger partial charge in [-0.25, -0.2) is 0 Å². The fourth-order valence-corrected chi connectivity index (χ4v) is 4.59. The van der Waals surface area contributed by atoms with Crippen LogP contribution in [0.3, 0.4) is 0 Å². The van der Waals surface area contributed by atoms with Crippen molar-refractivity contribution >= 4 is 23.6 Å². The minimum absolute atomic E-state index is 0.0255. The van der Waals surface area contributed by atoms with Gasteiger partial charge < -0.3 is 10.6 Å². The molecule has 24 heavy (non-hydrogen) atoms. The van der Waals surface area contributed by atoms with Gasteiger partial charge in [0.25, 0.3) is 0 Å². The second-order valence-electron chi connectivity index (χ2n) is 7.52. The average Bonchev–Trinajstić information content (AvgIpc) is 3.07. The molecule has 0 bridgehead atoms. The number of nitrogens with one attached hydrogen (secondary N) is 2. The third-order valence-electron chi connectivity index (χ3n) is 5.23. The van der Waals surface area contributed by atoms with Crippen LogP contribution in [-0.2, 0) is 9.59 Å². The van der Waals surface area contributed by atoms with E-state index < -0.39 is 0 Å². The lowest BCUT2D eigenvalue weighted by Crippen LogP contribution is -2.57. The van der Waals surface area contributed by atoms with Gasteiger partial charge in [0.1, 0.15) is 0 Å². The lowest BCUT2D eigenvalue weighted by molar-refractivity contribution is -0.126. The van der Waals surface area contributed by atoms with Gasteiger partial charge in [-0.05, 0) is 25.2 Å². The maximum atomic E-state index is 12.1. The molecule has 6 heteroatoms. The fraction of sp³-hybridized carbons (Fsp3) is 0.889. The average molecular weight is 356 g/mol. The normalized spacial score (nSPS) is 21.0. The molecule has 0 spiro atoms. The number of hydrogen-bond donors (Lipinski definition) is 2. The van der Waals surface area contributed by atoms with Crippen LogP contribution in [0.1, 0.15) is 52.4 Å². The molecule has 2 fully saturated rings. The van der Waals surface area contributed by atoms with Gasteiger partial charge in [-0.1, -0.05) is 26.7 Å². The Kier molecular flexibility index (Phi) is 7.88. The van der Waals surface area contributed by atoms with E-state index >= 15 is 0 Å². The first-order chi connectivity index (χ1) is 11.5. The van der Waals surface area contributed by atoms with Crippen LogP contribution >= 0.6 is 11.8 Å². The van der Waals surface area contributed by atoms with Crippen LogP contribution in [0.5, 0.6) is 0 Å². The van der Waals surface area contributed by atoms with Crippen molar-refractivity contribution in [2.24, 2.45) is 5.92 Å². The SMILES string of the molecule is CC(C)CCC(=O)NCC(=O)NCC1(N2CCSCC2)CCCC1. The van der Waals surface area contributed by atoms with Crippen molar-refractivity contribution in [3.63, 3.8) is 0 Å². The van der Waals surface area contributed by atoms with Gasteiger partial charge in [-0.2, -0.15) is 11.8 Å². The molecule has 2 N–H and O–H groups in total. The van der Waals surface area contributed by atoms with Crippen molar-refractivity contribution in [1.82, 2.24) is 15.5 Å². The lowest BCUT2D eigenvalue weighted by atomic mass is 9.94. The number of carbonyl (C=O) groups excluding carboxylic acids is 2. The predicted octanol–water partition coefficient (Wildman–Crippen LogP) is 2.02. The van der Waals surface area contributed by atoms with Crippen molar-refractivity contribution in [3.8, 4) is 0 Å². The fourth-order valence-electron chi connectivity index (χ4n) is 3.69. The van der Waals surface area contributed by atoms with Gasteiger partial charge in [-0.3, -0.25) is 14.5 Å². The second kappa shape index (κ2) is 9.66. The Hall–Kier alpha value is -0.750. The Labute approximate surface area is 150 Å². The quantitative estimate of drug-likeness (QED) is 0.699. The third-order valence-corrected chi connectivity index (χ3v) is 6.17. The molecular formula is C18H33N3O2S. The molecule has 0 radical (unpaired) electrons. The van der Waals surface area contributed by atoms with Crippen LogP contribution in [0.15, 0.2) is 0 Å². The first-order valence-electron chi connectivity index (χ1n) is 9.38. The standard InChI is InChI=1S/C18H33N3O2S/c1-15(2)5-6-16(22)19-13-17(23)20-14-18(7-3-4-8-18)21-9-11-24-12-10-21/h15H,3-14H2,1-2H3,(H,19,22)(H,20,23). The minimum atomic E-state index is -0.0643. The molecule has 1 aliphatic heterocycles. The van der Waals surface area contributed by atoms with Gasteiger partial charge in [0.2, 0.25) is 11.8 Å². The largest absolute Gasteiger partial charge is 0.353 e. The second-order valence-corrected chi connectivity index (χ2v) is 8.74. The molecule has 1 heterocycles. The lowest BCUT2D eigenvalue weighted by Gasteiger charge is -2.43. The Morgan fingerprint density at radius 2 is 1.75 bits per heavy atom. The summed E-state index contributed by atoms with van der Waals surface area (Å²) >= 11 is 2.02. The minimum Gasteiger partial charge on any atom is -0.353 e. The highest BCUT2D eigenvalue weighted by molar-refractivity contribution is 7.99. The van der Waals surface area contributed by atoms with Crippen LogP contribution in [0, 0.1) is 5.92 Å². The Morgan fingerprint density at radius 3 is 2.38 bits per heavy atom. The summed E-state index contributed by atoms with van der Waals surface area (Å²) in [6.07, 6.45) is 6.23. The molecular weight excluding hydrogens is 322 g/mol. The van der Waals surface area contributed by atoms with Gasteiger partial charge in [0, 0.05) is 43.1 Å². The molecule has 0 aromatic heterocycles. The molecule has 0 atom stereocenters. The summed E-state index contributed by atoms with van der Waals surface area (Å²) in [6, 6.07) is 0. The van der Waals surface area contributed by atoms with E-state index in [9.17, 15) is 9.59 Å². The van der Waals surface area contributed by atoms with Gasteiger partial charge in [-0.15, -0.1) is 0 Å². The molecule has 2 aliphatic rings. The molecule has 1 saturated heterocycles. The summed E-state index contributed by atoms with van der Waals surface area (Å²) in [6.45, 7) is 7.28. The van der Waals surface area contributed by atoms with E-state index in [0.717, 1.165) is 26.1 Å². The Bertz CT molecular complexity index is 416. The Morgan fingerprint density at radius 1 is 1.08 bits per heavy atom. The van der Waals surface area contributed by atoms with E-state index in [1.807, 2.05) is 11.8 Å². The highest BCUT2D eigenvalue weighted by Gasteiger charge is 2.40. The summed E-state index contributed by atoms with van der Waals surface area (Å²) in [5.41, 5.74) is 0.151. The predicted molar refractivity (Wildman–Crippen MR) is 100 cm³/mol. The zero-order valence-corrected chi connectivity index (χ0v) is 16.1. The third kappa shape index (κ3) is 5.96. The molecule has 0 unspecified atom stereocenters. The first-order valence-corrected chi connectivity index (χ1v) is 10.5. The van der Waals surface area contributed by atoms with Crippen molar-refractivity contribution in [1.29, 1.82) is 0 Å². The zero-order chi connectivity index (χ0) is 17.4. The smallest absolute Gasteiger partial charge is 0.239 e. The van der Waals surface area contributed by atoms with Crippen molar-refractivity contribution < 1.29 is 9.59 Å². The van der Waals surface area contributed by atoms with E-state index in [2.05, 4.69) is 29.4 Å².